The molecule has 0 spiro atoms. The minimum atomic E-state index is -3.11. The highest BCUT2D eigenvalue weighted by atomic mass is 28.5. The fraction of sp³-hybridized carbons (Fsp3) is 0.613. The average Bonchev–Trinajstić information content (AvgIpc) is 3.25. The van der Waals surface area contributed by atoms with Crippen molar-refractivity contribution in [2.24, 2.45) is 0 Å². The topological polar surface area (TPSA) is 138 Å². The van der Waals surface area contributed by atoms with Gasteiger partial charge in [-0.15, -0.1) is 0 Å². The molecule has 1 amide bonds. The van der Waals surface area contributed by atoms with Crippen LogP contribution in [0.3, 0.4) is 0 Å². The summed E-state index contributed by atoms with van der Waals surface area (Å²) in [6.07, 6.45) is -3.40. The second-order valence-corrected chi connectivity index (χ2v) is 21.8. The van der Waals surface area contributed by atoms with Crippen LogP contribution < -0.4 is 10.9 Å². The second kappa shape index (κ2) is 13.4. The molecule has 13 heteroatoms. The Balaban J connectivity index is 1.90. The number of nitrogens with one attached hydrogen (secondary N) is 2. The molecule has 2 aromatic rings. The Bertz CT molecular complexity index is 1380. The molecular formula is C31H47N3O8Si2. The van der Waals surface area contributed by atoms with Gasteiger partial charge in [-0.05, 0) is 41.2 Å². The molecule has 0 saturated carbocycles. The number of aromatic amines is 1. The zero-order valence-corrected chi connectivity index (χ0v) is 29.4. The maximum absolute atomic E-state index is 13.6. The van der Waals surface area contributed by atoms with E-state index in [9.17, 15) is 14.4 Å². The number of carbonyl (C=O) groups is 2. The summed E-state index contributed by atoms with van der Waals surface area (Å²) in [5.41, 5.74) is 0.638. The van der Waals surface area contributed by atoms with Crippen molar-refractivity contribution in [3.05, 3.63) is 57.6 Å². The lowest BCUT2D eigenvalue weighted by molar-refractivity contribution is -0.114. The molecule has 44 heavy (non-hydrogen) atoms. The monoisotopic (exact) mass is 645 g/mol. The number of nitrogens with zero attached hydrogens (tertiary/aromatic N) is 1. The summed E-state index contributed by atoms with van der Waals surface area (Å²) in [6.45, 7) is 20.1. The molecule has 1 aromatic heterocycles. The summed E-state index contributed by atoms with van der Waals surface area (Å²) < 4.78 is 34.4. The number of hydrogen-bond acceptors (Lipinski definition) is 9. The van der Waals surface area contributed by atoms with Crippen molar-refractivity contribution in [2.45, 2.75) is 116 Å². The van der Waals surface area contributed by atoms with E-state index >= 15 is 0 Å². The summed E-state index contributed by atoms with van der Waals surface area (Å²) >= 11 is 0. The lowest BCUT2D eigenvalue weighted by Gasteiger charge is -2.51. The predicted molar refractivity (Wildman–Crippen MR) is 171 cm³/mol. The first kappa shape index (κ1) is 34.2. The van der Waals surface area contributed by atoms with Crippen molar-refractivity contribution in [3.63, 3.8) is 0 Å². The number of rotatable bonds is 8. The highest BCUT2D eigenvalue weighted by Gasteiger charge is 2.62. The summed E-state index contributed by atoms with van der Waals surface area (Å²) in [7, 11) is -5.98. The van der Waals surface area contributed by atoms with Crippen molar-refractivity contribution in [3.8, 4) is 0 Å². The van der Waals surface area contributed by atoms with E-state index in [0.717, 1.165) is 0 Å². The van der Waals surface area contributed by atoms with Crippen LogP contribution in [0.4, 0.5) is 5.82 Å². The summed E-state index contributed by atoms with van der Waals surface area (Å²) in [6, 6.07) is 8.68. The Labute approximate surface area is 261 Å². The van der Waals surface area contributed by atoms with Crippen LogP contribution in [0.5, 0.6) is 0 Å². The smallest absolute Gasteiger partial charge is 0.338 e. The zero-order valence-electron chi connectivity index (χ0n) is 27.4. The van der Waals surface area contributed by atoms with Gasteiger partial charge in [0, 0.05) is 6.92 Å². The van der Waals surface area contributed by atoms with Crippen LogP contribution in [0, 0.1) is 6.92 Å². The predicted octanol–water partition coefficient (Wildman–Crippen LogP) is 5.66. The molecule has 4 rings (SSSR count). The van der Waals surface area contributed by atoms with Gasteiger partial charge >= 0.3 is 23.1 Å². The van der Waals surface area contributed by atoms with Crippen molar-refractivity contribution >= 4 is 34.8 Å². The maximum Gasteiger partial charge on any atom is 0.338 e. The number of esters is 1. The number of amides is 1. The first-order valence-corrected chi connectivity index (χ1v) is 19.4. The summed E-state index contributed by atoms with van der Waals surface area (Å²) in [4.78, 5) is 45.6. The summed E-state index contributed by atoms with van der Waals surface area (Å²) in [5, 5.41) is 2.67. The molecule has 2 aliphatic rings. The highest BCUT2D eigenvalue weighted by molar-refractivity contribution is 6.84. The van der Waals surface area contributed by atoms with E-state index < -0.39 is 59.0 Å². The van der Waals surface area contributed by atoms with Crippen LogP contribution in [-0.2, 0) is 27.2 Å². The Hall–Kier alpha value is -2.69. The molecule has 0 unspecified atom stereocenters. The van der Waals surface area contributed by atoms with E-state index in [-0.39, 0.29) is 46.0 Å². The third kappa shape index (κ3) is 6.49. The molecular weight excluding hydrogens is 599 g/mol. The van der Waals surface area contributed by atoms with Gasteiger partial charge in [0.15, 0.2) is 6.10 Å². The molecule has 3 heterocycles. The molecule has 4 atom stereocenters. The zero-order chi connectivity index (χ0) is 32.6. The van der Waals surface area contributed by atoms with Crippen molar-refractivity contribution in [2.75, 3.05) is 11.9 Å². The Morgan fingerprint density at radius 1 is 0.977 bits per heavy atom. The quantitative estimate of drug-likeness (QED) is 0.275. The number of aryl methyl sites for hydroxylation is 1. The molecule has 2 N–H and O–H groups in total. The fourth-order valence-electron chi connectivity index (χ4n) is 6.29. The van der Waals surface area contributed by atoms with Crippen LogP contribution >= 0.6 is 0 Å². The fourth-order valence-corrected chi connectivity index (χ4v) is 17.5. The van der Waals surface area contributed by atoms with E-state index in [1.54, 1.807) is 31.2 Å². The van der Waals surface area contributed by atoms with E-state index in [4.69, 9.17) is 22.4 Å². The molecule has 0 aliphatic carbocycles. The molecule has 2 saturated heterocycles. The van der Waals surface area contributed by atoms with Crippen LogP contribution in [0.2, 0.25) is 22.2 Å². The van der Waals surface area contributed by atoms with Gasteiger partial charge in [-0.2, -0.15) is 0 Å². The van der Waals surface area contributed by atoms with Gasteiger partial charge < -0.3 is 32.7 Å². The van der Waals surface area contributed by atoms with Crippen LogP contribution in [0.25, 0.3) is 0 Å². The Morgan fingerprint density at radius 2 is 1.57 bits per heavy atom. The number of fused-ring (bicyclic) bond motifs is 1. The number of aromatic nitrogens is 2. The average molecular weight is 646 g/mol. The second-order valence-electron chi connectivity index (χ2n) is 13.0. The van der Waals surface area contributed by atoms with Gasteiger partial charge in [0.2, 0.25) is 5.91 Å². The normalized spacial score (nSPS) is 24.7. The first-order valence-electron chi connectivity index (χ1n) is 15.4. The molecule has 242 valence electrons. The number of H-pyrrole nitrogens is 1. The van der Waals surface area contributed by atoms with Crippen molar-refractivity contribution < 1.29 is 32.0 Å². The molecule has 0 radical (unpaired) electrons. The van der Waals surface area contributed by atoms with E-state index in [0.29, 0.717) is 5.56 Å². The highest BCUT2D eigenvalue weighted by Crippen LogP contribution is 2.49. The van der Waals surface area contributed by atoms with Gasteiger partial charge in [-0.3, -0.25) is 9.59 Å². The first-order chi connectivity index (χ1) is 20.6. The number of ether oxygens (including phenoxy) is 2. The maximum atomic E-state index is 13.6. The number of hydrogen-bond donors (Lipinski definition) is 2. The van der Waals surface area contributed by atoms with Gasteiger partial charge in [0.05, 0.1) is 12.2 Å². The van der Waals surface area contributed by atoms with Crippen LogP contribution in [0.1, 0.15) is 90.2 Å². The van der Waals surface area contributed by atoms with Crippen molar-refractivity contribution in [1.82, 2.24) is 9.97 Å². The van der Waals surface area contributed by atoms with Crippen LogP contribution in [-0.4, -0.2) is 63.9 Å². The third-order valence-corrected chi connectivity index (χ3v) is 18.8. The van der Waals surface area contributed by atoms with E-state index in [1.165, 1.54) is 6.92 Å². The third-order valence-electron chi connectivity index (χ3n) is 8.58. The molecule has 2 aliphatic heterocycles. The molecule has 1 aromatic carbocycles. The SMILES string of the molecule is CC(=O)Nc1[nH]c(=O)c(C)nc1[C@@H]1O[C@@H]2CO[Si](C(C)C)(C(C)C)O[Si](C(C)C)(C(C)C)O[C@H]2[C@H]1OC(=O)c1ccccc1. The van der Waals surface area contributed by atoms with Gasteiger partial charge in [-0.1, -0.05) is 73.6 Å². The van der Waals surface area contributed by atoms with Gasteiger partial charge in [-0.25, -0.2) is 9.78 Å². The number of benzene rings is 1. The molecule has 0 bridgehead atoms. The van der Waals surface area contributed by atoms with Crippen LogP contribution in [0.15, 0.2) is 35.1 Å². The Kier molecular flexibility index (Phi) is 10.4. The van der Waals surface area contributed by atoms with Gasteiger partial charge in [0.1, 0.15) is 35.5 Å². The van der Waals surface area contributed by atoms with E-state index in [1.807, 2.05) is 6.07 Å². The lowest BCUT2D eigenvalue weighted by Crippen LogP contribution is -2.66. The standard InChI is InChI=1S/C31H47N3O8Si2/c1-17(2)43(18(3)4)38-16-24-26(41-44(42-43,19(5)6)20(7)8)28(40-31(37)23-14-12-11-13-15-23)27(39-24)25-29(33-22(10)35)34-30(36)21(9)32-25/h11-15,17-20,24,26-28H,16H2,1-10H3,(H2,33,34,35,36)/t24-,26-,27+,28-/m1/s1. The molecule has 2 fully saturated rings. The minimum Gasteiger partial charge on any atom is -0.453 e. The van der Waals surface area contributed by atoms with E-state index in [2.05, 4.69) is 70.7 Å². The summed E-state index contributed by atoms with van der Waals surface area (Å²) in [5.74, 6) is -0.887. The largest absolute Gasteiger partial charge is 0.453 e. The lowest BCUT2D eigenvalue weighted by atomic mass is 10.0. The number of carbonyl (C=O) groups excluding carboxylic acids is 2. The number of anilines is 1. The molecule has 11 nitrogen and oxygen atoms in total. The van der Waals surface area contributed by atoms with Crippen molar-refractivity contribution in [1.29, 1.82) is 0 Å². The minimum absolute atomic E-state index is 0.0298. The Morgan fingerprint density at radius 3 is 2.11 bits per heavy atom. The van der Waals surface area contributed by atoms with Gasteiger partial charge in [0.25, 0.3) is 5.56 Å².